The molecule has 0 aromatic rings. The molecule has 0 aliphatic carbocycles. The van der Waals surface area contributed by atoms with Crippen LogP contribution in [0.1, 0.15) is 20.8 Å². The average Bonchev–Trinajstić information content (AvgIpc) is 2.32. The van der Waals surface area contributed by atoms with E-state index in [1.54, 1.807) is 0 Å². The molecule has 0 aromatic carbocycles. The molecular weight excluding hydrogens is 142 g/mol. The van der Waals surface area contributed by atoms with Crippen molar-refractivity contribution in [2.45, 2.75) is 32.6 Å². The number of hydrogen-bond acceptors (Lipinski definition) is 3. The molecule has 3 nitrogen and oxygen atoms in total. The van der Waals surface area contributed by atoms with Gasteiger partial charge >= 0.3 is 0 Å². The van der Waals surface area contributed by atoms with Gasteiger partial charge in [-0.15, -0.1) is 0 Å². The van der Waals surface area contributed by atoms with Crippen LogP contribution in [0.25, 0.3) is 0 Å². The molecule has 0 aromatic heterocycles. The molecule has 1 heterocycles. The van der Waals surface area contributed by atoms with E-state index in [9.17, 15) is 0 Å². The van der Waals surface area contributed by atoms with Crippen molar-refractivity contribution in [3.8, 4) is 0 Å². The molecule has 1 N–H and O–H groups in total. The second kappa shape index (κ2) is 3.52. The van der Waals surface area contributed by atoms with Crippen LogP contribution in [0.4, 0.5) is 0 Å². The van der Waals surface area contributed by atoms with Crippen molar-refractivity contribution in [1.29, 1.82) is 0 Å². The minimum absolute atomic E-state index is 0.0331. The van der Waals surface area contributed by atoms with Gasteiger partial charge in [-0.05, 0) is 20.8 Å². The lowest BCUT2D eigenvalue weighted by Crippen LogP contribution is -2.41. The zero-order valence-corrected chi connectivity index (χ0v) is 7.52. The van der Waals surface area contributed by atoms with Gasteiger partial charge in [0.25, 0.3) is 0 Å². The molecule has 0 spiro atoms. The quantitative estimate of drug-likeness (QED) is 0.645. The van der Waals surface area contributed by atoms with Gasteiger partial charge in [0.1, 0.15) is 0 Å². The molecule has 0 unspecified atom stereocenters. The van der Waals surface area contributed by atoms with E-state index < -0.39 is 0 Å². The van der Waals surface area contributed by atoms with Gasteiger partial charge in [-0.25, -0.2) is 0 Å². The van der Waals surface area contributed by atoms with Crippen LogP contribution in [-0.4, -0.2) is 31.6 Å². The Kier molecular flexibility index (Phi) is 2.87. The molecule has 1 rings (SSSR count). The summed E-state index contributed by atoms with van der Waals surface area (Å²) in [6.07, 6.45) is -0.0331. The fourth-order valence-corrected chi connectivity index (χ4v) is 0.915. The Morgan fingerprint density at radius 3 is 2.27 bits per heavy atom. The highest BCUT2D eigenvalue weighted by molar-refractivity contribution is 4.71. The second-order valence-electron chi connectivity index (χ2n) is 3.80. The summed E-state index contributed by atoms with van der Waals surface area (Å²) in [4.78, 5) is 0. The lowest BCUT2D eigenvalue weighted by Gasteiger charge is -2.22. The highest BCUT2D eigenvalue weighted by atomic mass is 16.7. The van der Waals surface area contributed by atoms with Crippen LogP contribution >= 0.6 is 0 Å². The number of nitrogens with one attached hydrogen (secondary N) is 1. The van der Waals surface area contributed by atoms with Crippen LogP contribution in [0.5, 0.6) is 0 Å². The number of ether oxygens (including phenoxy) is 2. The van der Waals surface area contributed by atoms with Crippen molar-refractivity contribution < 1.29 is 9.47 Å². The second-order valence-corrected chi connectivity index (χ2v) is 3.80. The summed E-state index contributed by atoms with van der Waals surface area (Å²) in [5.74, 6) is 0. The predicted octanol–water partition coefficient (Wildman–Crippen LogP) is 0.747. The predicted molar refractivity (Wildman–Crippen MR) is 43.4 cm³/mol. The third kappa shape index (κ3) is 3.70. The van der Waals surface area contributed by atoms with Crippen LogP contribution in [-0.2, 0) is 9.47 Å². The van der Waals surface area contributed by atoms with Crippen molar-refractivity contribution in [3.63, 3.8) is 0 Å². The zero-order valence-electron chi connectivity index (χ0n) is 7.52. The molecule has 1 aliphatic heterocycles. The van der Waals surface area contributed by atoms with E-state index >= 15 is 0 Å². The van der Waals surface area contributed by atoms with E-state index in [1.807, 2.05) is 0 Å². The maximum atomic E-state index is 5.26. The van der Waals surface area contributed by atoms with E-state index in [-0.39, 0.29) is 11.8 Å². The fourth-order valence-electron chi connectivity index (χ4n) is 0.915. The van der Waals surface area contributed by atoms with Gasteiger partial charge in [-0.3, -0.25) is 0 Å². The van der Waals surface area contributed by atoms with Gasteiger partial charge in [0.05, 0.1) is 13.2 Å². The van der Waals surface area contributed by atoms with Gasteiger partial charge in [0.15, 0.2) is 6.29 Å². The molecular formula is C8H17NO2. The van der Waals surface area contributed by atoms with E-state index in [0.29, 0.717) is 0 Å². The Hall–Kier alpha value is -0.120. The van der Waals surface area contributed by atoms with Gasteiger partial charge in [-0.1, -0.05) is 0 Å². The summed E-state index contributed by atoms with van der Waals surface area (Å²) in [5, 5.41) is 3.31. The third-order valence-electron chi connectivity index (χ3n) is 1.49. The van der Waals surface area contributed by atoms with E-state index in [1.165, 1.54) is 0 Å². The molecule has 0 amide bonds. The van der Waals surface area contributed by atoms with Crippen LogP contribution < -0.4 is 5.32 Å². The summed E-state index contributed by atoms with van der Waals surface area (Å²) in [6, 6.07) is 0. The lowest BCUT2D eigenvalue weighted by atomic mass is 10.1. The average molecular weight is 159 g/mol. The number of rotatable bonds is 2. The van der Waals surface area contributed by atoms with Crippen molar-refractivity contribution in [3.05, 3.63) is 0 Å². The Labute approximate surface area is 68.1 Å². The van der Waals surface area contributed by atoms with Crippen molar-refractivity contribution in [1.82, 2.24) is 5.32 Å². The Bertz CT molecular complexity index is 114. The topological polar surface area (TPSA) is 30.5 Å². The van der Waals surface area contributed by atoms with Crippen LogP contribution in [0, 0.1) is 0 Å². The molecule has 0 atom stereocenters. The molecule has 0 radical (unpaired) electrons. The zero-order chi connectivity index (χ0) is 8.32. The normalized spacial score (nSPS) is 21.0. The highest BCUT2D eigenvalue weighted by Gasteiger charge is 2.18. The molecule has 3 heteroatoms. The van der Waals surface area contributed by atoms with E-state index in [0.717, 1.165) is 19.8 Å². The number of hydrogen-bond donors (Lipinski definition) is 1. The fraction of sp³-hybridized carbons (Fsp3) is 1.00. The first-order chi connectivity index (χ1) is 5.08. The summed E-state index contributed by atoms with van der Waals surface area (Å²) in [5.41, 5.74) is 0.148. The van der Waals surface area contributed by atoms with Gasteiger partial charge < -0.3 is 14.8 Å². The van der Waals surface area contributed by atoms with Crippen LogP contribution in [0.2, 0.25) is 0 Å². The molecule has 1 fully saturated rings. The Morgan fingerprint density at radius 2 is 1.82 bits per heavy atom. The van der Waals surface area contributed by atoms with Gasteiger partial charge in [-0.2, -0.15) is 0 Å². The SMILES string of the molecule is CC(C)(C)NCC1OCCO1. The summed E-state index contributed by atoms with van der Waals surface area (Å²) < 4.78 is 10.5. The smallest absolute Gasteiger partial charge is 0.170 e. The summed E-state index contributed by atoms with van der Waals surface area (Å²) in [6.45, 7) is 8.63. The Balaban J connectivity index is 2.11. The summed E-state index contributed by atoms with van der Waals surface area (Å²) >= 11 is 0. The lowest BCUT2D eigenvalue weighted by molar-refractivity contribution is -0.0423. The van der Waals surface area contributed by atoms with Crippen molar-refractivity contribution in [2.24, 2.45) is 0 Å². The molecule has 0 saturated carbocycles. The first kappa shape index (κ1) is 8.97. The first-order valence-corrected chi connectivity index (χ1v) is 4.06. The minimum atomic E-state index is -0.0331. The monoisotopic (exact) mass is 159 g/mol. The first-order valence-electron chi connectivity index (χ1n) is 4.06. The van der Waals surface area contributed by atoms with Gasteiger partial charge in [0.2, 0.25) is 0 Å². The van der Waals surface area contributed by atoms with E-state index in [4.69, 9.17) is 9.47 Å². The van der Waals surface area contributed by atoms with E-state index in [2.05, 4.69) is 26.1 Å². The van der Waals surface area contributed by atoms with Crippen LogP contribution in [0.3, 0.4) is 0 Å². The third-order valence-corrected chi connectivity index (χ3v) is 1.49. The summed E-state index contributed by atoms with van der Waals surface area (Å²) in [7, 11) is 0. The standard InChI is InChI=1S/C8H17NO2/c1-8(2,3)9-6-7-10-4-5-11-7/h7,9H,4-6H2,1-3H3. The Morgan fingerprint density at radius 1 is 1.27 bits per heavy atom. The largest absolute Gasteiger partial charge is 0.349 e. The molecule has 0 bridgehead atoms. The molecule has 11 heavy (non-hydrogen) atoms. The van der Waals surface area contributed by atoms with Crippen molar-refractivity contribution >= 4 is 0 Å². The van der Waals surface area contributed by atoms with Gasteiger partial charge in [0, 0.05) is 12.1 Å². The highest BCUT2D eigenvalue weighted by Crippen LogP contribution is 2.04. The minimum Gasteiger partial charge on any atom is -0.349 e. The maximum Gasteiger partial charge on any atom is 0.170 e. The molecule has 66 valence electrons. The molecule has 1 saturated heterocycles. The van der Waals surface area contributed by atoms with Crippen LogP contribution in [0.15, 0.2) is 0 Å². The maximum absolute atomic E-state index is 5.26. The molecule has 1 aliphatic rings. The van der Waals surface area contributed by atoms with Crippen molar-refractivity contribution in [2.75, 3.05) is 19.8 Å².